The molecular formula is C17H26N2O2. The van der Waals surface area contributed by atoms with Crippen molar-refractivity contribution in [2.24, 2.45) is 5.92 Å². The monoisotopic (exact) mass is 290 g/mol. The lowest BCUT2D eigenvalue weighted by atomic mass is 9.89. The molecule has 0 radical (unpaired) electrons. The second-order valence-corrected chi connectivity index (χ2v) is 7.00. The van der Waals surface area contributed by atoms with Crippen molar-refractivity contribution in [3.63, 3.8) is 0 Å². The Labute approximate surface area is 126 Å². The smallest absolute Gasteiger partial charge is 0.242 e. The Kier molecular flexibility index (Phi) is 3.82. The van der Waals surface area contributed by atoms with Crippen molar-refractivity contribution in [2.45, 2.75) is 57.5 Å². The minimum Gasteiger partial charge on any atom is -0.464 e. The highest BCUT2D eigenvalue weighted by molar-refractivity contribution is 5.85. The average molecular weight is 290 g/mol. The van der Waals surface area contributed by atoms with Gasteiger partial charge in [0.05, 0.1) is 12.1 Å². The first-order chi connectivity index (χ1) is 9.99. The predicted octanol–water partition coefficient (Wildman–Crippen LogP) is 2.89. The number of furan rings is 1. The number of nitrogens with zero attached hydrogens (tertiary/aromatic N) is 1. The van der Waals surface area contributed by atoms with E-state index in [4.69, 9.17) is 4.42 Å². The van der Waals surface area contributed by atoms with E-state index in [1.165, 1.54) is 6.42 Å². The number of carbonyl (C=O) groups is 1. The van der Waals surface area contributed by atoms with Gasteiger partial charge in [-0.2, -0.15) is 0 Å². The summed E-state index contributed by atoms with van der Waals surface area (Å²) in [5.41, 5.74) is -0.409. The van der Waals surface area contributed by atoms with E-state index in [1.54, 1.807) is 4.90 Å². The quantitative estimate of drug-likeness (QED) is 0.927. The summed E-state index contributed by atoms with van der Waals surface area (Å²) in [7, 11) is 1.87. The van der Waals surface area contributed by atoms with Crippen LogP contribution >= 0.6 is 0 Å². The second-order valence-electron chi connectivity index (χ2n) is 7.00. The van der Waals surface area contributed by atoms with Crippen molar-refractivity contribution < 1.29 is 9.21 Å². The topological polar surface area (TPSA) is 45.5 Å². The van der Waals surface area contributed by atoms with Crippen molar-refractivity contribution in [3.05, 3.63) is 23.7 Å². The van der Waals surface area contributed by atoms with Crippen LogP contribution in [0.3, 0.4) is 0 Å². The van der Waals surface area contributed by atoms with Gasteiger partial charge in [-0.25, -0.2) is 0 Å². The lowest BCUT2D eigenvalue weighted by molar-refractivity contribution is -0.138. The fourth-order valence-electron chi connectivity index (χ4n) is 3.36. The van der Waals surface area contributed by atoms with E-state index >= 15 is 0 Å². The molecule has 3 unspecified atom stereocenters. The summed E-state index contributed by atoms with van der Waals surface area (Å²) < 4.78 is 5.90. The Morgan fingerprint density at radius 3 is 2.86 bits per heavy atom. The molecule has 21 heavy (non-hydrogen) atoms. The molecule has 1 N–H and O–H groups in total. The van der Waals surface area contributed by atoms with Crippen molar-refractivity contribution in [1.82, 2.24) is 10.2 Å². The number of likely N-dealkylation sites (N-methyl/N-ethyl adjacent to an activating group) is 1. The van der Waals surface area contributed by atoms with Crippen LogP contribution in [0.1, 0.15) is 57.0 Å². The Morgan fingerprint density at radius 1 is 1.48 bits per heavy atom. The predicted molar refractivity (Wildman–Crippen MR) is 82.0 cm³/mol. The molecule has 2 heterocycles. The summed E-state index contributed by atoms with van der Waals surface area (Å²) in [4.78, 5) is 14.4. The molecule has 1 saturated carbocycles. The standard InChI is InChI=1S/C17H26N2O2/c1-12-10-14(12)15-7-6-13(21-15)11-19(3)16(20)17(2)8-4-5-9-18-17/h6-7,12,14,18H,4-5,8-11H2,1-3H3. The lowest BCUT2D eigenvalue weighted by Crippen LogP contribution is -2.57. The molecule has 1 amide bonds. The van der Waals surface area contributed by atoms with Gasteiger partial charge in [-0.05, 0) is 57.2 Å². The molecule has 1 aliphatic carbocycles. The first-order valence-corrected chi connectivity index (χ1v) is 8.09. The largest absolute Gasteiger partial charge is 0.464 e. The maximum absolute atomic E-state index is 12.7. The second kappa shape index (κ2) is 5.48. The average Bonchev–Trinajstić information content (AvgIpc) is 3.01. The highest BCUT2D eigenvalue weighted by Crippen LogP contribution is 2.47. The van der Waals surface area contributed by atoms with Gasteiger partial charge in [0.2, 0.25) is 5.91 Å². The molecule has 1 saturated heterocycles. The van der Waals surface area contributed by atoms with Crippen LogP contribution in [-0.2, 0) is 11.3 Å². The Balaban J connectivity index is 1.61. The number of hydrogen-bond acceptors (Lipinski definition) is 3. The molecule has 1 aromatic rings. The Bertz CT molecular complexity index is 517. The van der Waals surface area contributed by atoms with Gasteiger partial charge in [0.1, 0.15) is 11.5 Å². The summed E-state index contributed by atoms with van der Waals surface area (Å²) in [6, 6.07) is 4.09. The molecule has 3 rings (SSSR count). The Hall–Kier alpha value is -1.29. The van der Waals surface area contributed by atoms with E-state index in [-0.39, 0.29) is 5.91 Å². The maximum atomic E-state index is 12.7. The molecule has 2 aliphatic rings. The van der Waals surface area contributed by atoms with Gasteiger partial charge >= 0.3 is 0 Å². The molecule has 2 fully saturated rings. The maximum Gasteiger partial charge on any atom is 0.242 e. The van der Waals surface area contributed by atoms with Crippen LogP contribution in [0.25, 0.3) is 0 Å². The lowest BCUT2D eigenvalue weighted by Gasteiger charge is -2.36. The summed E-state index contributed by atoms with van der Waals surface area (Å²) in [5, 5.41) is 3.38. The van der Waals surface area contributed by atoms with Crippen molar-refractivity contribution in [2.75, 3.05) is 13.6 Å². The number of carbonyl (C=O) groups excluding carboxylic acids is 1. The molecule has 0 bridgehead atoms. The van der Waals surface area contributed by atoms with Gasteiger partial charge < -0.3 is 14.6 Å². The van der Waals surface area contributed by atoms with Crippen LogP contribution in [-0.4, -0.2) is 29.9 Å². The van der Waals surface area contributed by atoms with Crippen molar-refractivity contribution in [1.29, 1.82) is 0 Å². The minimum atomic E-state index is -0.409. The first kappa shape index (κ1) is 14.6. The SMILES string of the molecule is CC1CC1c1ccc(CN(C)C(=O)C2(C)CCCCN2)o1. The van der Waals surface area contributed by atoms with Crippen LogP contribution in [0.4, 0.5) is 0 Å². The summed E-state index contributed by atoms with van der Waals surface area (Å²) in [6.07, 6.45) is 4.42. The van der Waals surface area contributed by atoms with Gasteiger partial charge in [0, 0.05) is 13.0 Å². The van der Waals surface area contributed by atoms with E-state index in [2.05, 4.69) is 18.3 Å². The molecule has 1 aromatic heterocycles. The fourth-order valence-corrected chi connectivity index (χ4v) is 3.36. The third-order valence-corrected chi connectivity index (χ3v) is 4.99. The van der Waals surface area contributed by atoms with E-state index in [0.29, 0.717) is 12.5 Å². The molecule has 4 nitrogen and oxygen atoms in total. The first-order valence-electron chi connectivity index (χ1n) is 8.09. The third kappa shape index (κ3) is 3.00. The molecule has 0 aromatic carbocycles. The molecule has 0 spiro atoms. The van der Waals surface area contributed by atoms with Gasteiger partial charge in [-0.15, -0.1) is 0 Å². The van der Waals surface area contributed by atoms with Crippen LogP contribution in [0.15, 0.2) is 16.5 Å². The van der Waals surface area contributed by atoms with E-state index in [9.17, 15) is 4.79 Å². The van der Waals surface area contributed by atoms with Crippen molar-refractivity contribution in [3.8, 4) is 0 Å². The highest BCUT2D eigenvalue weighted by atomic mass is 16.3. The normalized spacial score (nSPS) is 32.0. The number of rotatable bonds is 4. The highest BCUT2D eigenvalue weighted by Gasteiger charge is 2.38. The fraction of sp³-hybridized carbons (Fsp3) is 0.706. The summed E-state index contributed by atoms with van der Waals surface area (Å²) >= 11 is 0. The zero-order valence-electron chi connectivity index (χ0n) is 13.3. The summed E-state index contributed by atoms with van der Waals surface area (Å²) in [5.74, 6) is 3.48. The number of hydrogen-bond donors (Lipinski definition) is 1. The van der Waals surface area contributed by atoms with E-state index < -0.39 is 5.54 Å². The zero-order valence-corrected chi connectivity index (χ0v) is 13.3. The molecular weight excluding hydrogens is 264 g/mol. The summed E-state index contributed by atoms with van der Waals surface area (Å²) in [6.45, 7) is 5.75. The van der Waals surface area contributed by atoms with E-state index in [0.717, 1.165) is 43.2 Å². The van der Waals surface area contributed by atoms with Gasteiger partial charge in [0.15, 0.2) is 0 Å². The molecule has 116 valence electrons. The molecule has 1 aliphatic heterocycles. The Morgan fingerprint density at radius 2 is 2.24 bits per heavy atom. The zero-order chi connectivity index (χ0) is 15.0. The van der Waals surface area contributed by atoms with Gasteiger partial charge in [-0.3, -0.25) is 4.79 Å². The third-order valence-electron chi connectivity index (χ3n) is 4.99. The minimum absolute atomic E-state index is 0.167. The number of piperidine rings is 1. The van der Waals surface area contributed by atoms with Crippen LogP contribution in [0.2, 0.25) is 0 Å². The van der Waals surface area contributed by atoms with Gasteiger partial charge in [0.25, 0.3) is 0 Å². The molecule has 3 atom stereocenters. The van der Waals surface area contributed by atoms with Crippen LogP contribution in [0, 0.1) is 5.92 Å². The number of nitrogens with one attached hydrogen (secondary N) is 1. The van der Waals surface area contributed by atoms with Crippen LogP contribution in [0.5, 0.6) is 0 Å². The number of amides is 1. The van der Waals surface area contributed by atoms with E-state index in [1.807, 2.05) is 20.0 Å². The van der Waals surface area contributed by atoms with Crippen LogP contribution < -0.4 is 5.32 Å². The van der Waals surface area contributed by atoms with Crippen molar-refractivity contribution >= 4 is 5.91 Å². The molecule has 4 heteroatoms. The van der Waals surface area contributed by atoms with Gasteiger partial charge in [-0.1, -0.05) is 6.92 Å².